The number of nitrogens with zero attached hydrogens (tertiary/aromatic N) is 1. The summed E-state index contributed by atoms with van der Waals surface area (Å²) in [6.07, 6.45) is 5.04. The molecular weight excluding hydrogens is 369 g/mol. The maximum Gasteiger partial charge on any atom is 0.123 e. The van der Waals surface area contributed by atoms with Crippen LogP contribution in [0.4, 0.5) is 4.39 Å². The van der Waals surface area contributed by atoms with Crippen molar-refractivity contribution in [1.82, 2.24) is 4.90 Å². The minimum absolute atomic E-state index is 0.0589. The molecule has 1 spiro atoms. The summed E-state index contributed by atoms with van der Waals surface area (Å²) in [5, 5.41) is 1.41. The van der Waals surface area contributed by atoms with Crippen molar-refractivity contribution in [3.05, 3.63) is 70.4 Å². The first-order valence-corrected chi connectivity index (χ1v) is 10.9. The van der Waals surface area contributed by atoms with Gasteiger partial charge in [0.1, 0.15) is 11.4 Å². The van der Waals surface area contributed by atoms with Crippen LogP contribution < -0.4 is 0 Å². The first-order valence-electron chi connectivity index (χ1n) is 10.1. The maximum absolute atomic E-state index is 13.5. The lowest BCUT2D eigenvalue weighted by molar-refractivity contribution is -0.108. The number of hydrogen-bond donors (Lipinski definition) is 0. The molecule has 1 fully saturated rings. The normalized spacial score (nSPS) is 27.4. The van der Waals surface area contributed by atoms with Crippen molar-refractivity contribution in [2.45, 2.75) is 43.2 Å². The summed E-state index contributed by atoms with van der Waals surface area (Å²) < 4.78 is 21.4. The Morgan fingerprint density at radius 3 is 2.39 bits per heavy atom. The first kappa shape index (κ1) is 18.3. The third-order valence-electron chi connectivity index (χ3n) is 6.96. The summed E-state index contributed by atoms with van der Waals surface area (Å²) in [6, 6.07) is 15.9. The molecule has 2 aliphatic rings. The lowest BCUT2D eigenvalue weighted by Crippen LogP contribution is -2.49. The SMILES string of the molecule is CN(C)C1(c2ccc(F)cc2)CCC2(CC1)OCCc1c2sc2ccccc12. The summed E-state index contributed by atoms with van der Waals surface area (Å²) in [6.45, 7) is 0.805. The Morgan fingerprint density at radius 2 is 1.68 bits per heavy atom. The predicted octanol–water partition coefficient (Wildman–Crippen LogP) is 5.84. The van der Waals surface area contributed by atoms with Gasteiger partial charge in [0.05, 0.1) is 6.61 Å². The van der Waals surface area contributed by atoms with Crippen LogP contribution in [0.1, 0.15) is 41.7 Å². The molecule has 2 nitrogen and oxygen atoms in total. The molecule has 2 heterocycles. The van der Waals surface area contributed by atoms with E-state index in [1.807, 2.05) is 23.5 Å². The van der Waals surface area contributed by atoms with Gasteiger partial charge in [-0.15, -0.1) is 11.3 Å². The number of halogens is 1. The fraction of sp³-hybridized carbons (Fsp3) is 0.417. The quantitative estimate of drug-likeness (QED) is 0.540. The molecule has 0 amide bonds. The van der Waals surface area contributed by atoms with Gasteiger partial charge in [-0.05, 0) is 80.9 Å². The minimum atomic E-state index is -0.171. The molecule has 0 radical (unpaired) electrons. The number of benzene rings is 2. The molecule has 1 saturated carbocycles. The van der Waals surface area contributed by atoms with Crippen LogP contribution in [0.2, 0.25) is 0 Å². The largest absolute Gasteiger partial charge is 0.369 e. The Morgan fingerprint density at radius 1 is 0.964 bits per heavy atom. The van der Waals surface area contributed by atoms with Gasteiger partial charge < -0.3 is 4.74 Å². The van der Waals surface area contributed by atoms with Gasteiger partial charge in [-0.2, -0.15) is 0 Å². The van der Waals surface area contributed by atoms with E-state index in [0.717, 1.165) is 38.7 Å². The van der Waals surface area contributed by atoms with Crippen LogP contribution in [0.15, 0.2) is 48.5 Å². The summed E-state index contributed by atoms with van der Waals surface area (Å²) in [7, 11) is 4.29. The summed E-state index contributed by atoms with van der Waals surface area (Å²) in [4.78, 5) is 3.77. The Balaban J connectivity index is 1.52. The van der Waals surface area contributed by atoms with E-state index < -0.39 is 0 Å². The molecule has 3 aromatic rings. The Labute approximate surface area is 169 Å². The predicted molar refractivity (Wildman–Crippen MR) is 113 cm³/mol. The van der Waals surface area contributed by atoms with E-state index in [-0.39, 0.29) is 17.0 Å². The van der Waals surface area contributed by atoms with Crippen LogP contribution in [0.5, 0.6) is 0 Å². The van der Waals surface area contributed by atoms with Crippen LogP contribution in [0, 0.1) is 5.82 Å². The molecule has 0 N–H and O–H groups in total. The molecule has 1 aromatic heterocycles. The topological polar surface area (TPSA) is 12.5 Å². The number of fused-ring (bicyclic) bond motifs is 4. The molecule has 1 aliphatic heterocycles. The molecule has 0 saturated heterocycles. The summed E-state index contributed by atoms with van der Waals surface area (Å²) in [5.74, 6) is -0.171. The standard InChI is InChI=1S/C24H26FNOS/c1-26(2)23(17-7-9-18(25)10-8-17)12-14-24(15-13-23)22-20(11-16-27-24)19-5-3-4-6-21(19)28-22/h3-10H,11-16H2,1-2H3. The zero-order chi connectivity index (χ0) is 19.4. The van der Waals surface area contributed by atoms with Crippen molar-refractivity contribution in [2.24, 2.45) is 0 Å². The third-order valence-corrected chi connectivity index (χ3v) is 8.36. The van der Waals surface area contributed by atoms with Gasteiger partial charge in [0.15, 0.2) is 0 Å². The molecular formula is C24H26FNOS. The van der Waals surface area contributed by atoms with Crippen LogP contribution in [0.3, 0.4) is 0 Å². The molecule has 28 heavy (non-hydrogen) atoms. The second-order valence-electron chi connectivity index (χ2n) is 8.43. The highest BCUT2D eigenvalue weighted by Gasteiger charge is 2.49. The van der Waals surface area contributed by atoms with Crippen molar-refractivity contribution in [3.8, 4) is 0 Å². The third kappa shape index (κ3) is 2.66. The Hall–Kier alpha value is -1.75. The smallest absolute Gasteiger partial charge is 0.123 e. The maximum atomic E-state index is 13.5. The van der Waals surface area contributed by atoms with E-state index in [1.165, 1.54) is 26.1 Å². The second kappa shape index (κ2) is 6.65. The fourth-order valence-electron chi connectivity index (χ4n) is 5.32. The monoisotopic (exact) mass is 395 g/mol. The first-order chi connectivity index (χ1) is 13.5. The van der Waals surface area contributed by atoms with Gasteiger partial charge in [0.2, 0.25) is 0 Å². The molecule has 146 valence electrons. The average Bonchev–Trinajstić information content (AvgIpc) is 3.10. The van der Waals surface area contributed by atoms with E-state index in [9.17, 15) is 4.39 Å². The highest BCUT2D eigenvalue weighted by atomic mass is 32.1. The number of thiophene rings is 1. The van der Waals surface area contributed by atoms with E-state index in [0.29, 0.717) is 0 Å². The molecule has 0 bridgehead atoms. The minimum Gasteiger partial charge on any atom is -0.369 e. The summed E-state index contributed by atoms with van der Waals surface area (Å²) >= 11 is 1.92. The molecule has 1 aliphatic carbocycles. The van der Waals surface area contributed by atoms with Crippen molar-refractivity contribution >= 4 is 21.4 Å². The van der Waals surface area contributed by atoms with Crippen LogP contribution in [-0.2, 0) is 22.3 Å². The van der Waals surface area contributed by atoms with Gasteiger partial charge in [-0.3, -0.25) is 4.90 Å². The van der Waals surface area contributed by atoms with E-state index >= 15 is 0 Å². The van der Waals surface area contributed by atoms with Gasteiger partial charge in [0.25, 0.3) is 0 Å². The lowest BCUT2D eigenvalue weighted by Gasteiger charge is -2.50. The van der Waals surface area contributed by atoms with Crippen LogP contribution in [-0.4, -0.2) is 25.6 Å². The molecule has 0 atom stereocenters. The van der Waals surface area contributed by atoms with Crippen molar-refractivity contribution in [3.63, 3.8) is 0 Å². The van der Waals surface area contributed by atoms with E-state index in [1.54, 1.807) is 12.1 Å². The van der Waals surface area contributed by atoms with Crippen molar-refractivity contribution in [1.29, 1.82) is 0 Å². The number of rotatable bonds is 2. The van der Waals surface area contributed by atoms with Crippen LogP contribution >= 0.6 is 11.3 Å². The highest BCUT2D eigenvalue weighted by Crippen LogP contribution is 2.54. The fourth-order valence-corrected chi connectivity index (χ4v) is 6.77. The molecule has 2 aromatic carbocycles. The Bertz CT molecular complexity index is 999. The van der Waals surface area contributed by atoms with Gasteiger partial charge in [-0.1, -0.05) is 30.3 Å². The van der Waals surface area contributed by atoms with Gasteiger partial charge in [-0.25, -0.2) is 4.39 Å². The molecule has 4 heteroatoms. The zero-order valence-corrected chi connectivity index (χ0v) is 17.3. The molecule has 5 rings (SSSR count). The average molecular weight is 396 g/mol. The van der Waals surface area contributed by atoms with Crippen molar-refractivity contribution in [2.75, 3.05) is 20.7 Å². The van der Waals surface area contributed by atoms with E-state index in [2.05, 4.69) is 43.3 Å². The number of hydrogen-bond acceptors (Lipinski definition) is 3. The van der Waals surface area contributed by atoms with Gasteiger partial charge in [0, 0.05) is 15.1 Å². The van der Waals surface area contributed by atoms with Crippen LogP contribution in [0.25, 0.3) is 10.1 Å². The molecule has 0 unspecified atom stereocenters. The second-order valence-corrected chi connectivity index (χ2v) is 9.48. The Kier molecular flexibility index (Phi) is 4.34. The van der Waals surface area contributed by atoms with Crippen molar-refractivity contribution < 1.29 is 9.13 Å². The number of ether oxygens (including phenoxy) is 1. The van der Waals surface area contributed by atoms with E-state index in [4.69, 9.17) is 4.74 Å². The summed E-state index contributed by atoms with van der Waals surface area (Å²) in [5.41, 5.74) is 2.50. The highest BCUT2D eigenvalue weighted by molar-refractivity contribution is 7.19. The lowest BCUT2D eigenvalue weighted by atomic mass is 9.68. The zero-order valence-electron chi connectivity index (χ0n) is 16.5. The van der Waals surface area contributed by atoms with Gasteiger partial charge >= 0.3 is 0 Å².